The van der Waals surface area contributed by atoms with E-state index in [4.69, 9.17) is 0 Å². The first-order valence-electron chi connectivity index (χ1n) is 7.01. The third-order valence-corrected chi connectivity index (χ3v) is 5.21. The van der Waals surface area contributed by atoms with Crippen LogP contribution in [0.3, 0.4) is 0 Å². The van der Waals surface area contributed by atoms with Gasteiger partial charge in [0.15, 0.2) is 0 Å². The molecule has 1 N–H and O–H groups in total. The third kappa shape index (κ3) is 2.67. The van der Waals surface area contributed by atoms with E-state index in [1.54, 1.807) is 0 Å². The molecular formula is C15H22N2S. The number of hydrogen-bond donors (Lipinski definition) is 1. The molecule has 1 aromatic rings. The smallest absolute Gasteiger partial charge is 0.0419 e. The van der Waals surface area contributed by atoms with Crippen molar-refractivity contribution < 1.29 is 0 Å². The second-order valence-electron chi connectivity index (χ2n) is 5.37. The molecule has 2 aliphatic heterocycles. The van der Waals surface area contributed by atoms with Crippen LogP contribution in [-0.2, 0) is 13.0 Å². The second kappa shape index (κ2) is 5.54. The van der Waals surface area contributed by atoms with Gasteiger partial charge in [-0.15, -0.1) is 0 Å². The molecule has 0 amide bonds. The van der Waals surface area contributed by atoms with Crippen LogP contribution in [-0.4, -0.2) is 35.5 Å². The molecule has 1 atom stereocenters. The minimum absolute atomic E-state index is 0.828. The number of para-hydroxylation sites is 1. The maximum atomic E-state index is 3.55. The van der Waals surface area contributed by atoms with Gasteiger partial charge >= 0.3 is 0 Å². The van der Waals surface area contributed by atoms with E-state index in [2.05, 4.69) is 47.1 Å². The van der Waals surface area contributed by atoms with Crippen LogP contribution in [0.15, 0.2) is 18.2 Å². The number of rotatable bonds is 2. The number of hydrogen-bond acceptors (Lipinski definition) is 3. The van der Waals surface area contributed by atoms with Gasteiger partial charge < -0.3 is 5.32 Å². The molecule has 0 spiro atoms. The van der Waals surface area contributed by atoms with Gasteiger partial charge in [0, 0.05) is 36.3 Å². The van der Waals surface area contributed by atoms with Gasteiger partial charge in [0.25, 0.3) is 0 Å². The van der Waals surface area contributed by atoms with Crippen molar-refractivity contribution in [3.8, 4) is 0 Å². The summed E-state index contributed by atoms with van der Waals surface area (Å²) in [6.45, 7) is 7.06. The van der Waals surface area contributed by atoms with Crippen molar-refractivity contribution in [2.24, 2.45) is 0 Å². The fourth-order valence-electron chi connectivity index (χ4n) is 2.88. The average Bonchev–Trinajstić information content (AvgIpc) is 2.76. The lowest BCUT2D eigenvalue weighted by molar-refractivity contribution is 0.284. The second-order valence-corrected chi connectivity index (χ2v) is 6.92. The molecule has 98 valence electrons. The SMILES string of the molecule is CC1CCN(Cc2cccc3c2NCC3)CCS1. The van der Waals surface area contributed by atoms with Crippen LogP contribution >= 0.6 is 11.8 Å². The van der Waals surface area contributed by atoms with Crippen LogP contribution < -0.4 is 5.32 Å². The Hall–Kier alpha value is -0.670. The maximum absolute atomic E-state index is 3.55. The minimum Gasteiger partial charge on any atom is -0.384 e. The van der Waals surface area contributed by atoms with Gasteiger partial charge in [-0.25, -0.2) is 0 Å². The Morgan fingerprint density at radius 3 is 3.28 bits per heavy atom. The molecule has 1 fully saturated rings. The molecule has 2 aliphatic rings. The molecule has 1 saturated heterocycles. The van der Waals surface area contributed by atoms with E-state index in [-0.39, 0.29) is 0 Å². The molecule has 0 aromatic heterocycles. The lowest BCUT2D eigenvalue weighted by Crippen LogP contribution is -2.26. The first-order valence-corrected chi connectivity index (χ1v) is 8.06. The summed E-state index contributed by atoms with van der Waals surface area (Å²) in [6.07, 6.45) is 2.52. The zero-order valence-corrected chi connectivity index (χ0v) is 11.9. The van der Waals surface area contributed by atoms with Gasteiger partial charge in [0.05, 0.1) is 0 Å². The molecule has 0 aliphatic carbocycles. The molecule has 2 heterocycles. The lowest BCUT2D eigenvalue weighted by Gasteiger charge is -2.21. The molecule has 2 nitrogen and oxygen atoms in total. The summed E-state index contributed by atoms with van der Waals surface area (Å²) in [7, 11) is 0. The highest BCUT2D eigenvalue weighted by molar-refractivity contribution is 7.99. The van der Waals surface area contributed by atoms with Crippen LogP contribution in [0.2, 0.25) is 0 Å². The zero-order chi connectivity index (χ0) is 12.4. The number of nitrogens with one attached hydrogen (secondary N) is 1. The highest BCUT2D eigenvalue weighted by Gasteiger charge is 2.18. The zero-order valence-electron chi connectivity index (χ0n) is 11.1. The summed E-state index contributed by atoms with van der Waals surface area (Å²) in [5, 5.41) is 4.38. The Kier molecular flexibility index (Phi) is 3.80. The molecule has 18 heavy (non-hydrogen) atoms. The Morgan fingerprint density at radius 1 is 1.39 bits per heavy atom. The van der Waals surface area contributed by atoms with Gasteiger partial charge in [-0.3, -0.25) is 4.90 Å². The Balaban J connectivity index is 1.71. The topological polar surface area (TPSA) is 15.3 Å². The van der Waals surface area contributed by atoms with E-state index in [1.807, 2.05) is 0 Å². The molecule has 3 heteroatoms. The number of fused-ring (bicyclic) bond motifs is 1. The minimum atomic E-state index is 0.828. The van der Waals surface area contributed by atoms with Gasteiger partial charge in [-0.2, -0.15) is 11.8 Å². The van der Waals surface area contributed by atoms with Crippen molar-refractivity contribution in [3.63, 3.8) is 0 Å². The third-order valence-electron chi connectivity index (χ3n) is 3.99. The average molecular weight is 262 g/mol. The maximum Gasteiger partial charge on any atom is 0.0419 e. The fourth-order valence-corrected chi connectivity index (χ4v) is 3.92. The van der Waals surface area contributed by atoms with E-state index < -0.39 is 0 Å². The summed E-state index contributed by atoms with van der Waals surface area (Å²) < 4.78 is 0. The van der Waals surface area contributed by atoms with Gasteiger partial charge in [0.2, 0.25) is 0 Å². The van der Waals surface area contributed by atoms with Crippen molar-refractivity contribution >= 4 is 17.4 Å². The standard InChI is InChI=1S/C15H22N2S/c1-12-6-8-17(9-10-18-12)11-14-4-2-3-13-5-7-16-15(13)14/h2-4,12,16H,5-11H2,1H3. The highest BCUT2D eigenvalue weighted by atomic mass is 32.2. The van der Waals surface area contributed by atoms with Gasteiger partial charge in [-0.05, 0) is 30.5 Å². The molecule has 1 aromatic carbocycles. The fraction of sp³-hybridized carbons (Fsp3) is 0.600. The first-order chi connectivity index (χ1) is 8.83. The normalized spacial score (nSPS) is 24.4. The molecule has 3 rings (SSSR count). The molecule has 0 radical (unpaired) electrons. The summed E-state index contributed by atoms with van der Waals surface area (Å²) in [4.78, 5) is 2.62. The summed E-state index contributed by atoms with van der Waals surface area (Å²) in [6, 6.07) is 6.77. The van der Waals surface area contributed by atoms with E-state index in [0.717, 1.165) is 18.3 Å². The quantitative estimate of drug-likeness (QED) is 0.882. The van der Waals surface area contributed by atoms with Crippen LogP contribution in [0.1, 0.15) is 24.5 Å². The van der Waals surface area contributed by atoms with Crippen molar-refractivity contribution in [2.75, 3.05) is 30.7 Å². The highest BCUT2D eigenvalue weighted by Crippen LogP contribution is 2.28. The van der Waals surface area contributed by atoms with E-state index >= 15 is 0 Å². The molecular weight excluding hydrogens is 240 g/mol. The van der Waals surface area contributed by atoms with Crippen molar-refractivity contribution in [2.45, 2.75) is 31.6 Å². The Labute approximate surface area is 114 Å². The van der Waals surface area contributed by atoms with Crippen LogP contribution in [0.5, 0.6) is 0 Å². The van der Waals surface area contributed by atoms with Crippen molar-refractivity contribution in [1.29, 1.82) is 0 Å². The lowest BCUT2D eigenvalue weighted by atomic mass is 10.1. The van der Waals surface area contributed by atoms with Crippen molar-refractivity contribution in [3.05, 3.63) is 29.3 Å². The van der Waals surface area contributed by atoms with Crippen LogP contribution in [0.4, 0.5) is 5.69 Å². The predicted octanol–water partition coefficient (Wildman–Crippen LogP) is 2.98. The summed E-state index contributed by atoms with van der Waals surface area (Å²) in [5.41, 5.74) is 4.41. The summed E-state index contributed by atoms with van der Waals surface area (Å²) in [5.74, 6) is 1.28. The van der Waals surface area contributed by atoms with Gasteiger partial charge in [-0.1, -0.05) is 25.1 Å². The Bertz CT molecular complexity index is 419. The van der Waals surface area contributed by atoms with E-state index in [0.29, 0.717) is 0 Å². The monoisotopic (exact) mass is 262 g/mol. The summed E-state index contributed by atoms with van der Waals surface area (Å²) >= 11 is 2.12. The number of benzene rings is 1. The predicted molar refractivity (Wildman–Crippen MR) is 80.4 cm³/mol. The largest absolute Gasteiger partial charge is 0.384 e. The molecule has 0 bridgehead atoms. The molecule has 1 unspecified atom stereocenters. The van der Waals surface area contributed by atoms with Gasteiger partial charge in [0.1, 0.15) is 0 Å². The Morgan fingerprint density at radius 2 is 2.33 bits per heavy atom. The number of anilines is 1. The van der Waals surface area contributed by atoms with Crippen LogP contribution in [0.25, 0.3) is 0 Å². The number of thioether (sulfide) groups is 1. The van der Waals surface area contributed by atoms with E-state index in [1.165, 1.54) is 48.5 Å². The van der Waals surface area contributed by atoms with Crippen LogP contribution in [0, 0.1) is 0 Å². The number of nitrogens with zero attached hydrogens (tertiary/aromatic N) is 1. The molecule has 0 saturated carbocycles. The van der Waals surface area contributed by atoms with Crippen molar-refractivity contribution in [1.82, 2.24) is 4.90 Å². The first kappa shape index (κ1) is 12.4. The van der Waals surface area contributed by atoms with E-state index in [9.17, 15) is 0 Å².